The zero-order valence-corrected chi connectivity index (χ0v) is 12.4. The van der Waals surface area contributed by atoms with Crippen molar-refractivity contribution in [1.82, 2.24) is 5.16 Å². The molecule has 18 heavy (non-hydrogen) atoms. The van der Waals surface area contributed by atoms with Crippen molar-refractivity contribution in [3.63, 3.8) is 0 Å². The molecule has 0 bridgehead atoms. The second-order valence-corrected chi connectivity index (χ2v) is 4.99. The monoisotopic (exact) mass is 347 g/mol. The van der Waals surface area contributed by atoms with Gasteiger partial charge in [0.25, 0.3) is 0 Å². The molecule has 0 N–H and O–H groups in total. The van der Waals surface area contributed by atoms with E-state index in [0.717, 1.165) is 0 Å². The van der Waals surface area contributed by atoms with Crippen molar-refractivity contribution in [2.24, 2.45) is 0 Å². The van der Waals surface area contributed by atoms with Gasteiger partial charge >= 0.3 is 0 Å². The Morgan fingerprint density at radius 3 is 2.56 bits per heavy atom. The van der Waals surface area contributed by atoms with Gasteiger partial charge in [-0.05, 0) is 19.1 Å². The van der Waals surface area contributed by atoms with Crippen molar-refractivity contribution in [1.29, 1.82) is 0 Å². The van der Waals surface area contributed by atoms with Crippen LogP contribution in [0.25, 0.3) is 11.3 Å². The van der Waals surface area contributed by atoms with Gasteiger partial charge in [-0.3, -0.25) is 4.79 Å². The van der Waals surface area contributed by atoms with Crippen molar-refractivity contribution >= 4 is 44.9 Å². The Morgan fingerprint density at radius 2 is 2.00 bits per heavy atom. The number of hydrogen-bond acceptors (Lipinski definition) is 3. The van der Waals surface area contributed by atoms with Gasteiger partial charge in [0.2, 0.25) is 0 Å². The largest absolute Gasteiger partial charge is 0.360 e. The molecule has 0 spiro atoms. The third-order valence-electron chi connectivity index (χ3n) is 2.46. The van der Waals surface area contributed by atoms with Gasteiger partial charge in [-0.1, -0.05) is 50.4 Å². The zero-order chi connectivity index (χ0) is 13.3. The molecule has 0 aliphatic rings. The van der Waals surface area contributed by atoms with Crippen LogP contribution >= 0.6 is 39.1 Å². The number of benzene rings is 1. The second-order valence-electron chi connectivity index (χ2n) is 3.62. The Hall–Kier alpha value is -0.840. The van der Waals surface area contributed by atoms with E-state index < -0.39 is 0 Å². The molecule has 0 aliphatic heterocycles. The Labute approximate surface area is 122 Å². The standard InChI is InChI=1S/C12H8BrCl2NO2/c1-6-10(9(17)5-13)12(16-18-6)11-7(14)3-2-4-8(11)15/h2-4H,5H2,1H3. The first kappa shape index (κ1) is 13.6. The van der Waals surface area contributed by atoms with E-state index >= 15 is 0 Å². The highest BCUT2D eigenvalue weighted by atomic mass is 79.9. The lowest BCUT2D eigenvalue weighted by Crippen LogP contribution is -2.03. The topological polar surface area (TPSA) is 43.1 Å². The summed E-state index contributed by atoms with van der Waals surface area (Å²) in [5.41, 5.74) is 1.30. The van der Waals surface area contributed by atoms with Gasteiger partial charge in [-0.25, -0.2) is 0 Å². The van der Waals surface area contributed by atoms with Crippen LogP contribution in [0.2, 0.25) is 10.0 Å². The molecule has 3 nitrogen and oxygen atoms in total. The summed E-state index contributed by atoms with van der Waals surface area (Å²) in [5.74, 6) is 0.324. The van der Waals surface area contributed by atoms with Crippen molar-refractivity contribution in [2.45, 2.75) is 6.92 Å². The second kappa shape index (κ2) is 5.43. The summed E-state index contributed by atoms with van der Waals surface area (Å²) in [6.07, 6.45) is 0. The lowest BCUT2D eigenvalue weighted by atomic mass is 10.0. The summed E-state index contributed by atoms with van der Waals surface area (Å²) in [6, 6.07) is 5.11. The van der Waals surface area contributed by atoms with E-state index in [1.165, 1.54) is 0 Å². The van der Waals surface area contributed by atoms with Crippen LogP contribution < -0.4 is 0 Å². The minimum atomic E-state index is -0.125. The molecule has 6 heteroatoms. The zero-order valence-electron chi connectivity index (χ0n) is 9.34. The van der Waals surface area contributed by atoms with Crippen LogP contribution in [0.15, 0.2) is 22.7 Å². The summed E-state index contributed by atoms with van der Waals surface area (Å²) in [4.78, 5) is 11.9. The normalized spacial score (nSPS) is 10.7. The summed E-state index contributed by atoms with van der Waals surface area (Å²) in [6.45, 7) is 1.68. The number of carbonyl (C=O) groups is 1. The lowest BCUT2D eigenvalue weighted by molar-refractivity contribution is 0.102. The number of ketones is 1. The highest BCUT2D eigenvalue weighted by Gasteiger charge is 2.23. The third-order valence-corrected chi connectivity index (χ3v) is 3.60. The predicted molar refractivity (Wildman–Crippen MR) is 74.8 cm³/mol. The van der Waals surface area contributed by atoms with Crippen LogP contribution in [-0.2, 0) is 0 Å². The minimum Gasteiger partial charge on any atom is -0.360 e. The number of halogens is 3. The first-order chi connectivity index (χ1) is 8.56. The van der Waals surface area contributed by atoms with Gasteiger partial charge in [0, 0.05) is 5.56 Å². The molecule has 0 aliphatic carbocycles. The molecular formula is C12H8BrCl2NO2. The van der Waals surface area contributed by atoms with Crippen LogP contribution in [0.4, 0.5) is 0 Å². The van der Waals surface area contributed by atoms with Crippen LogP contribution in [-0.4, -0.2) is 16.3 Å². The Balaban J connectivity index is 2.69. The molecule has 0 unspecified atom stereocenters. The van der Waals surface area contributed by atoms with Crippen molar-refractivity contribution < 1.29 is 9.32 Å². The summed E-state index contributed by atoms with van der Waals surface area (Å²) >= 11 is 15.3. The Morgan fingerprint density at radius 1 is 1.39 bits per heavy atom. The number of aromatic nitrogens is 1. The van der Waals surface area contributed by atoms with Gasteiger partial charge in [-0.2, -0.15) is 0 Å². The highest BCUT2D eigenvalue weighted by molar-refractivity contribution is 9.09. The number of hydrogen-bond donors (Lipinski definition) is 0. The smallest absolute Gasteiger partial charge is 0.179 e. The first-order valence-corrected chi connectivity index (χ1v) is 6.93. The summed E-state index contributed by atoms with van der Waals surface area (Å²) < 4.78 is 5.07. The quantitative estimate of drug-likeness (QED) is 0.604. The van der Waals surface area contributed by atoms with Gasteiger partial charge in [0.05, 0.1) is 20.9 Å². The van der Waals surface area contributed by atoms with E-state index in [0.29, 0.717) is 32.6 Å². The molecule has 0 saturated heterocycles. The third kappa shape index (κ3) is 2.32. The van der Waals surface area contributed by atoms with E-state index in [1.807, 2.05) is 0 Å². The highest BCUT2D eigenvalue weighted by Crippen LogP contribution is 2.36. The molecule has 0 atom stereocenters. The van der Waals surface area contributed by atoms with Crippen molar-refractivity contribution in [3.05, 3.63) is 39.6 Å². The fourth-order valence-electron chi connectivity index (χ4n) is 1.66. The molecule has 0 radical (unpaired) electrons. The van der Waals surface area contributed by atoms with E-state index in [1.54, 1.807) is 25.1 Å². The Kier molecular flexibility index (Phi) is 4.10. The lowest BCUT2D eigenvalue weighted by Gasteiger charge is -2.05. The molecule has 0 saturated carbocycles. The predicted octanol–water partition coefficient (Wildman–Crippen LogP) is 4.53. The van der Waals surface area contributed by atoms with Gasteiger partial charge in [0.1, 0.15) is 11.5 Å². The summed E-state index contributed by atoms with van der Waals surface area (Å²) in [7, 11) is 0. The number of carbonyl (C=O) groups excluding carboxylic acids is 1. The van der Waals surface area contributed by atoms with Crippen LogP contribution in [0, 0.1) is 6.92 Å². The maximum Gasteiger partial charge on any atom is 0.179 e. The summed E-state index contributed by atoms with van der Waals surface area (Å²) in [5, 5.41) is 4.94. The van der Waals surface area contributed by atoms with Crippen LogP contribution in [0.1, 0.15) is 16.1 Å². The molecule has 2 aromatic rings. The van der Waals surface area contributed by atoms with Gasteiger partial charge in [0.15, 0.2) is 5.78 Å². The molecule has 1 heterocycles. The molecule has 94 valence electrons. The van der Waals surface area contributed by atoms with Gasteiger partial charge < -0.3 is 4.52 Å². The average molecular weight is 349 g/mol. The van der Waals surface area contributed by atoms with E-state index in [9.17, 15) is 4.79 Å². The van der Waals surface area contributed by atoms with E-state index in [4.69, 9.17) is 27.7 Å². The minimum absolute atomic E-state index is 0.125. The maximum absolute atomic E-state index is 11.9. The maximum atomic E-state index is 11.9. The molecule has 1 aromatic carbocycles. The molecular weight excluding hydrogens is 341 g/mol. The van der Waals surface area contributed by atoms with E-state index in [-0.39, 0.29) is 11.1 Å². The number of alkyl halides is 1. The first-order valence-electron chi connectivity index (χ1n) is 5.06. The fourth-order valence-corrected chi connectivity index (χ4v) is 2.52. The molecule has 1 aromatic heterocycles. The fraction of sp³-hybridized carbons (Fsp3) is 0.167. The Bertz CT molecular complexity index is 590. The van der Waals surface area contributed by atoms with E-state index in [2.05, 4.69) is 21.1 Å². The number of rotatable bonds is 3. The van der Waals surface area contributed by atoms with Crippen LogP contribution in [0.3, 0.4) is 0 Å². The van der Waals surface area contributed by atoms with Crippen LogP contribution in [0.5, 0.6) is 0 Å². The molecule has 0 amide bonds. The van der Waals surface area contributed by atoms with Crippen molar-refractivity contribution in [2.75, 3.05) is 5.33 Å². The average Bonchev–Trinajstić information content (AvgIpc) is 2.70. The molecule has 2 rings (SSSR count). The van der Waals surface area contributed by atoms with Crippen molar-refractivity contribution in [3.8, 4) is 11.3 Å². The number of aryl methyl sites for hydroxylation is 1. The SMILES string of the molecule is Cc1onc(-c2c(Cl)cccc2Cl)c1C(=O)CBr. The number of Topliss-reactive ketones (excluding diaryl/α,β-unsaturated/α-hetero) is 1. The molecule has 0 fully saturated rings. The van der Waals surface area contributed by atoms with Gasteiger partial charge in [-0.15, -0.1) is 0 Å². The number of nitrogens with zero attached hydrogens (tertiary/aromatic N) is 1.